The molecule has 1 fully saturated rings. The van der Waals surface area contributed by atoms with Crippen molar-refractivity contribution in [1.82, 2.24) is 14.8 Å². The minimum absolute atomic E-state index is 0.0484. The van der Waals surface area contributed by atoms with E-state index in [1.54, 1.807) is 21.0 Å². The van der Waals surface area contributed by atoms with Gasteiger partial charge in [-0.2, -0.15) is 0 Å². The largest absolute Gasteiger partial charge is 0.460 e. The Morgan fingerprint density at radius 1 is 1.03 bits per heavy atom. The number of rotatable bonds is 9. The van der Waals surface area contributed by atoms with Crippen molar-refractivity contribution in [3.05, 3.63) is 58.4 Å². The predicted molar refractivity (Wildman–Crippen MR) is 124 cm³/mol. The molecular formula is C25H35N3O4. The SMILES string of the molecule is COCCOC(=O)c1c(C)[nH]c(C(=O)N2CCCN(CCCc3ccccc3)CC2)c1C. The molecule has 2 aromatic rings. The number of aryl methyl sites for hydroxylation is 2. The van der Waals surface area contributed by atoms with E-state index >= 15 is 0 Å². The Morgan fingerprint density at radius 3 is 2.56 bits per heavy atom. The Labute approximate surface area is 190 Å². The van der Waals surface area contributed by atoms with Crippen molar-refractivity contribution in [3.63, 3.8) is 0 Å². The number of carbonyl (C=O) groups is 2. The summed E-state index contributed by atoms with van der Waals surface area (Å²) in [6.07, 6.45) is 3.13. The number of methoxy groups -OCH3 is 1. The number of ether oxygens (including phenoxy) is 2. The van der Waals surface area contributed by atoms with Gasteiger partial charge < -0.3 is 24.3 Å². The van der Waals surface area contributed by atoms with Gasteiger partial charge in [-0.05, 0) is 57.3 Å². The summed E-state index contributed by atoms with van der Waals surface area (Å²) < 4.78 is 10.2. The highest BCUT2D eigenvalue weighted by Gasteiger charge is 2.27. The minimum atomic E-state index is -0.423. The number of hydrogen-bond acceptors (Lipinski definition) is 5. The molecule has 0 saturated carbocycles. The van der Waals surface area contributed by atoms with Crippen LogP contribution in [0.2, 0.25) is 0 Å². The average Bonchev–Trinajstić information content (AvgIpc) is 2.94. The van der Waals surface area contributed by atoms with Crippen molar-refractivity contribution in [1.29, 1.82) is 0 Å². The third-order valence-electron chi connectivity index (χ3n) is 6.03. The van der Waals surface area contributed by atoms with Gasteiger partial charge in [-0.3, -0.25) is 4.79 Å². The maximum Gasteiger partial charge on any atom is 0.340 e. The van der Waals surface area contributed by atoms with Crippen LogP contribution in [0, 0.1) is 13.8 Å². The van der Waals surface area contributed by atoms with E-state index in [9.17, 15) is 9.59 Å². The normalized spacial score (nSPS) is 14.9. The number of carbonyl (C=O) groups excluding carboxylic acids is 2. The summed E-state index contributed by atoms with van der Waals surface area (Å²) in [7, 11) is 1.56. The Balaban J connectivity index is 1.55. The van der Waals surface area contributed by atoms with Gasteiger partial charge in [-0.15, -0.1) is 0 Å². The summed E-state index contributed by atoms with van der Waals surface area (Å²) >= 11 is 0. The molecule has 1 aromatic heterocycles. The number of nitrogens with one attached hydrogen (secondary N) is 1. The lowest BCUT2D eigenvalue weighted by Crippen LogP contribution is -2.36. The molecule has 0 spiro atoms. The van der Waals surface area contributed by atoms with Gasteiger partial charge in [0.15, 0.2) is 0 Å². The maximum atomic E-state index is 13.2. The zero-order valence-corrected chi connectivity index (χ0v) is 19.5. The smallest absolute Gasteiger partial charge is 0.340 e. The molecule has 0 bridgehead atoms. The molecule has 0 radical (unpaired) electrons. The van der Waals surface area contributed by atoms with Gasteiger partial charge >= 0.3 is 5.97 Å². The Kier molecular flexibility index (Phi) is 8.88. The number of esters is 1. The highest BCUT2D eigenvalue weighted by atomic mass is 16.6. The topological polar surface area (TPSA) is 74.9 Å². The molecule has 2 heterocycles. The number of benzene rings is 1. The molecule has 0 unspecified atom stereocenters. The van der Waals surface area contributed by atoms with Crippen molar-refractivity contribution in [2.24, 2.45) is 0 Å². The fraction of sp³-hybridized carbons (Fsp3) is 0.520. The first-order valence-electron chi connectivity index (χ1n) is 11.4. The first-order valence-corrected chi connectivity index (χ1v) is 11.4. The van der Waals surface area contributed by atoms with Crippen LogP contribution in [-0.4, -0.2) is 79.7 Å². The van der Waals surface area contributed by atoms with E-state index in [1.165, 1.54) is 5.56 Å². The summed E-state index contributed by atoms with van der Waals surface area (Å²) in [5.41, 5.74) is 3.61. The van der Waals surface area contributed by atoms with E-state index in [0.29, 0.717) is 35.7 Å². The first kappa shape index (κ1) is 24.0. The van der Waals surface area contributed by atoms with Gasteiger partial charge in [0.2, 0.25) is 0 Å². The van der Waals surface area contributed by atoms with E-state index in [2.05, 4.69) is 34.1 Å². The molecule has 7 nitrogen and oxygen atoms in total. The third-order valence-corrected chi connectivity index (χ3v) is 6.03. The summed E-state index contributed by atoms with van der Waals surface area (Å²) in [5, 5.41) is 0. The lowest BCUT2D eigenvalue weighted by molar-refractivity contribution is 0.0387. The van der Waals surface area contributed by atoms with Gasteiger partial charge in [0.05, 0.1) is 12.2 Å². The predicted octanol–water partition coefficient (Wildman–Crippen LogP) is 3.22. The lowest BCUT2D eigenvalue weighted by Gasteiger charge is -2.22. The quantitative estimate of drug-likeness (QED) is 0.478. The van der Waals surface area contributed by atoms with Crippen LogP contribution in [0.25, 0.3) is 0 Å². The number of aromatic nitrogens is 1. The standard InChI is InChI=1S/C25H35N3O4/c1-19-22(25(30)32-18-17-31-3)20(2)26-23(19)24(29)28-14-8-13-27(15-16-28)12-7-11-21-9-5-4-6-10-21/h4-6,9-10,26H,7-8,11-18H2,1-3H3. The third kappa shape index (κ3) is 6.20. The van der Waals surface area contributed by atoms with Crippen molar-refractivity contribution >= 4 is 11.9 Å². The highest BCUT2D eigenvalue weighted by molar-refractivity contribution is 6.00. The number of H-pyrrole nitrogens is 1. The zero-order valence-electron chi connectivity index (χ0n) is 19.5. The van der Waals surface area contributed by atoms with Gasteiger partial charge in [-0.1, -0.05) is 30.3 Å². The van der Waals surface area contributed by atoms with Gasteiger partial charge in [-0.25, -0.2) is 4.79 Å². The van der Waals surface area contributed by atoms with Gasteiger partial charge in [0, 0.05) is 32.4 Å². The molecule has 1 saturated heterocycles. The molecule has 0 atom stereocenters. The molecule has 32 heavy (non-hydrogen) atoms. The second kappa shape index (κ2) is 11.8. The number of hydrogen-bond donors (Lipinski definition) is 1. The summed E-state index contributed by atoms with van der Waals surface area (Å²) in [6.45, 7) is 8.45. The molecule has 1 amide bonds. The van der Waals surface area contributed by atoms with Gasteiger partial charge in [0.25, 0.3) is 5.91 Å². The fourth-order valence-corrected chi connectivity index (χ4v) is 4.27. The molecule has 1 aromatic carbocycles. The van der Waals surface area contributed by atoms with Crippen LogP contribution in [0.15, 0.2) is 30.3 Å². The fourth-order valence-electron chi connectivity index (χ4n) is 4.27. The van der Waals surface area contributed by atoms with Crippen molar-refractivity contribution in [2.45, 2.75) is 33.1 Å². The van der Waals surface area contributed by atoms with Crippen LogP contribution in [0.1, 0.15) is 50.5 Å². The molecule has 1 aliphatic rings. The summed E-state index contributed by atoms with van der Waals surface area (Å²) in [4.78, 5) is 33.1. The van der Waals surface area contributed by atoms with Crippen LogP contribution >= 0.6 is 0 Å². The number of aromatic amines is 1. The number of nitrogens with zero attached hydrogens (tertiary/aromatic N) is 2. The van der Waals surface area contributed by atoms with Gasteiger partial charge in [0.1, 0.15) is 12.3 Å². The lowest BCUT2D eigenvalue weighted by atomic mass is 10.1. The van der Waals surface area contributed by atoms with Crippen molar-refractivity contribution < 1.29 is 19.1 Å². The minimum Gasteiger partial charge on any atom is -0.460 e. The molecule has 3 rings (SSSR count). The highest BCUT2D eigenvalue weighted by Crippen LogP contribution is 2.21. The molecule has 1 aliphatic heterocycles. The molecule has 7 heteroatoms. The monoisotopic (exact) mass is 441 g/mol. The summed E-state index contributed by atoms with van der Waals surface area (Å²) in [6, 6.07) is 10.6. The summed E-state index contributed by atoms with van der Waals surface area (Å²) in [5.74, 6) is -0.472. The molecule has 1 N–H and O–H groups in total. The molecule has 174 valence electrons. The Bertz CT molecular complexity index is 894. The zero-order chi connectivity index (χ0) is 22.9. The van der Waals surface area contributed by atoms with E-state index < -0.39 is 5.97 Å². The van der Waals surface area contributed by atoms with Crippen molar-refractivity contribution in [2.75, 3.05) is 53.0 Å². The average molecular weight is 442 g/mol. The second-order valence-electron chi connectivity index (χ2n) is 8.33. The second-order valence-corrected chi connectivity index (χ2v) is 8.33. The maximum absolute atomic E-state index is 13.2. The van der Waals surface area contributed by atoms with Crippen molar-refractivity contribution in [3.8, 4) is 0 Å². The van der Waals surface area contributed by atoms with Crippen LogP contribution in [0.5, 0.6) is 0 Å². The van der Waals surface area contributed by atoms with Crippen LogP contribution in [-0.2, 0) is 15.9 Å². The van der Waals surface area contributed by atoms with Crippen LogP contribution in [0.3, 0.4) is 0 Å². The Morgan fingerprint density at radius 2 is 1.81 bits per heavy atom. The van der Waals surface area contributed by atoms with E-state index in [4.69, 9.17) is 9.47 Å². The molecule has 0 aliphatic carbocycles. The number of amides is 1. The van der Waals surface area contributed by atoms with E-state index in [1.807, 2.05) is 11.0 Å². The van der Waals surface area contributed by atoms with E-state index in [-0.39, 0.29) is 12.5 Å². The van der Waals surface area contributed by atoms with Crippen LogP contribution in [0.4, 0.5) is 0 Å². The molecular weight excluding hydrogens is 406 g/mol. The first-order chi connectivity index (χ1) is 15.5. The Hall–Kier alpha value is -2.64. The van der Waals surface area contributed by atoms with Crippen LogP contribution < -0.4 is 0 Å². The van der Waals surface area contributed by atoms with E-state index in [0.717, 1.165) is 45.4 Å².